The molecule has 9 nitrogen and oxygen atoms in total. The Kier molecular flexibility index (Phi) is 8.60. The summed E-state index contributed by atoms with van der Waals surface area (Å²) in [4.78, 5) is 41.4. The zero-order chi connectivity index (χ0) is 29.8. The van der Waals surface area contributed by atoms with Gasteiger partial charge in [-0.3, -0.25) is 14.5 Å². The lowest BCUT2D eigenvalue weighted by Crippen LogP contribution is -2.53. The molecule has 3 aromatic rings. The second-order valence-electron chi connectivity index (χ2n) is 11.6. The van der Waals surface area contributed by atoms with E-state index in [4.69, 9.17) is 14.2 Å². The summed E-state index contributed by atoms with van der Waals surface area (Å²) in [6.45, 7) is 4.06. The molecule has 0 spiro atoms. The van der Waals surface area contributed by atoms with E-state index < -0.39 is 12.1 Å². The number of nitrogens with one attached hydrogen (secondary N) is 1. The molecule has 4 aliphatic rings. The molecule has 2 atom stereocenters. The average molecular weight is 584 g/mol. The molecule has 224 valence electrons. The number of ether oxygens (including phenoxy) is 3. The Bertz CT molecular complexity index is 1430. The van der Waals surface area contributed by atoms with Crippen molar-refractivity contribution in [2.75, 3.05) is 39.8 Å². The van der Waals surface area contributed by atoms with E-state index in [1.807, 2.05) is 66.7 Å². The van der Waals surface area contributed by atoms with Crippen LogP contribution in [0.5, 0.6) is 5.75 Å². The molecule has 4 aliphatic heterocycles. The number of carbonyl (C=O) groups excluding carboxylic acids is 3. The monoisotopic (exact) mass is 583 g/mol. The number of methoxy groups -OCH3 is 1. The second-order valence-corrected chi connectivity index (χ2v) is 11.6. The number of hydrogen-bond acceptors (Lipinski definition) is 7. The smallest absolute Gasteiger partial charge is 0.408 e. The normalized spacial score (nSPS) is 21.8. The second kappa shape index (κ2) is 12.9. The molecule has 43 heavy (non-hydrogen) atoms. The van der Waals surface area contributed by atoms with Gasteiger partial charge in [-0.2, -0.15) is 0 Å². The summed E-state index contributed by atoms with van der Waals surface area (Å²) >= 11 is 0. The van der Waals surface area contributed by atoms with Gasteiger partial charge in [-0.25, -0.2) is 4.79 Å². The maximum Gasteiger partial charge on any atom is 0.408 e. The predicted octanol–water partition coefficient (Wildman–Crippen LogP) is 4.42. The molecule has 3 aromatic carbocycles. The van der Waals surface area contributed by atoms with Crippen LogP contribution in [0.1, 0.15) is 45.9 Å². The van der Waals surface area contributed by atoms with E-state index in [2.05, 4.69) is 10.2 Å². The maximum absolute atomic E-state index is 13.1. The summed E-state index contributed by atoms with van der Waals surface area (Å²) in [5.41, 5.74) is 3.31. The first-order valence-electron chi connectivity index (χ1n) is 14.9. The molecule has 0 unspecified atom stereocenters. The van der Waals surface area contributed by atoms with Gasteiger partial charge in [-0.1, -0.05) is 54.6 Å². The molecular weight excluding hydrogens is 546 g/mol. The summed E-state index contributed by atoms with van der Waals surface area (Å²) in [5.74, 6) is 0.470. The highest BCUT2D eigenvalue weighted by Crippen LogP contribution is 2.31. The molecule has 9 heteroatoms. The summed E-state index contributed by atoms with van der Waals surface area (Å²) in [6.07, 6.45) is 1.67. The summed E-state index contributed by atoms with van der Waals surface area (Å²) < 4.78 is 16.8. The van der Waals surface area contributed by atoms with Gasteiger partial charge in [-0.15, -0.1) is 0 Å². The van der Waals surface area contributed by atoms with Crippen molar-refractivity contribution < 1.29 is 28.6 Å². The van der Waals surface area contributed by atoms with Crippen molar-refractivity contribution in [3.63, 3.8) is 0 Å². The fraction of sp³-hybridized carbons (Fsp3) is 0.382. The lowest BCUT2D eigenvalue weighted by Gasteiger charge is -2.43. The van der Waals surface area contributed by atoms with Crippen LogP contribution in [0.3, 0.4) is 0 Å². The van der Waals surface area contributed by atoms with Gasteiger partial charge in [0.15, 0.2) is 0 Å². The summed E-state index contributed by atoms with van der Waals surface area (Å²) in [6, 6.07) is 24.4. The number of fused-ring (bicyclic) bond motifs is 3. The molecule has 0 aromatic heterocycles. The summed E-state index contributed by atoms with van der Waals surface area (Å²) in [7, 11) is 1.36. The number of nitrogens with zero attached hydrogens (tertiary/aromatic N) is 2. The number of amides is 2. The fourth-order valence-corrected chi connectivity index (χ4v) is 6.18. The minimum Gasteiger partial charge on any atom is -0.489 e. The number of esters is 1. The third-order valence-corrected chi connectivity index (χ3v) is 8.75. The Balaban J connectivity index is 1.08. The van der Waals surface area contributed by atoms with Crippen LogP contribution in [-0.2, 0) is 20.9 Å². The lowest BCUT2D eigenvalue weighted by molar-refractivity contribution is -0.149. The van der Waals surface area contributed by atoms with Crippen LogP contribution in [0.4, 0.5) is 4.79 Å². The first-order chi connectivity index (χ1) is 21.0. The van der Waals surface area contributed by atoms with Crippen LogP contribution in [0, 0.1) is 11.8 Å². The standard InChI is InChI=1S/C34H37N3O6/c1-41-33(39)28-19-37(20-28)32(38)26-12-10-23(11-13-26)22-42-29-9-5-8-27(18-29)31(25-6-3-2-4-7-25)35-34(40)43-30-21-36-16-14-24(30)15-17-36/h2-13,18,24,28,30-31H,14-17,19-22H2,1H3,(H,35,40)/t30-,31-/m0/s1. The molecule has 0 aliphatic carbocycles. The van der Waals surface area contributed by atoms with Gasteiger partial charge >= 0.3 is 12.1 Å². The third-order valence-electron chi connectivity index (χ3n) is 8.75. The van der Waals surface area contributed by atoms with Crippen LogP contribution < -0.4 is 10.1 Å². The highest BCUT2D eigenvalue weighted by molar-refractivity contribution is 5.95. The van der Waals surface area contributed by atoms with Gasteiger partial charge < -0.3 is 24.4 Å². The van der Waals surface area contributed by atoms with E-state index in [1.54, 1.807) is 17.0 Å². The molecule has 1 N–H and O–H groups in total. The molecule has 0 radical (unpaired) electrons. The lowest BCUT2D eigenvalue weighted by atomic mass is 9.86. The zero-order valence-corrected chi connectivity index (χ0v) is 24.3. The van der Waals surface area contributed by atoms with Crippen LogP contribution in [0.25, 0.3) is 0 Å². The molecule has 2 bridgehead atoms. The molecule has 2 amide bonds. The quantitative estimate of drug-likeness (QED) is 0.373. The number of piperidine rings is 3. The zero-order valence-electron chi connectivity index (χ0n) is 24.3. The van der Waals surface area contributed by atoms with E-state index in [0.29, 0.717) is 36.9 Å². The van der Waals surface area contributed by atoms with Gasteiger partial charge in [0.25, 0.3) is 5.91 Å². The SMILES string of the molecule is COC(=O)C1CN(C(=O)c2ccc(COc3cccc([C@@H](NC(=O)O[C@H]4CN5CCC4CC5)c4ccccc4)c3)cc2)C1. The average Bonchev–Trinajstić information content (AvgIpc) is 3.03. The first-order valence-corrected chi connectivity index (χ1v) is 14.9. The van der Waals surface area contributed by atoms with E-state index in [9.17, 15) is 14.4 Å². The minimum atomic E-state index is -0.410. The van der Waals surface area contributed by atoms with Crippen molar-refractivity contribution in [3.05, 3.63) is 101 Å². The van der Waals surface area contributed by atoms with Gasteiger partial charge in [0.05, 0.1) is 19.1 Å². The number of rotatable bonds is 9. The minimum absolute atomic E-state index is 0.0713. The van der Waals surface area contributed by atoms with E-state index in [1.165, 1.54) is 7.11 Å². The number of likely N-dealkylation sites (tertiary alicyclic amines) is 1. The van der Waals surface area contributed by atoms with E-state index in [0.717, 1.165) is 49.2 Å². The van der Waals surface area contributed by atoms with E-state index >= 15 is 0 Å². The van der Waals surface area contributed by atoms with Crippen LogP contribution in [0.2, 0.25) is 0 Å². The molecule has 4 heterocycles. The maximum atomic E-state index is 13.1. The fourth-order valence-electron chi connectivity index (χ4n) is 6.18. The Morgan fingerprint density at radius 2 is 1.60 bits per heavy atom. The van der Waals surface area contributed by atoms with Crippen molar-refractivity contribution in [1.82, 2.24) is 15.1 Å². The van der Waals surface area contributed by atoms with Gasteiger partial charge in [0.1, 0.15) is 18.5 Å². The highest BCUT2D eigenvalue weighted by atomic mass is 16.6. The molecule has 4 fully saturated rings. The molecule has 4 saturated heterocycles. The van der Waals surface area contributed by atoms with Crippen LogP contribution in [-0.4, -0.2) is 73.7 Å². The topological polar surface area (TPSA) is 97.4 Å². The number of alkyl carbamates (subject to hydrolysis) is 1. The van der Waals surface area contributed by atoms with Gasteiger partial charge in [-0.05, 0) is 72.8 Å². The number of benzene rings is 3. The Hall–Kier alpha value is -4.37. The summed E-state index contributed by atoms with van der Waals surface area (Å²) in [5, 5.41) is 3.11. The van der Waals surface area contributed by atoms with Crippen molar-refractivity contribution in [2.45, 2.75) is 31.6 Å². The number of hydrogen-bond donors (Lipinski definition) is 1. The predicted molar refractivity (Wildman–Crippen MR) is 159 cm³/mol. The highest BCUT2D eigenvalue weighted by Gasteiger charge is 2.38. The van der Waals surface area contributed by atoms with Crippen molar-refractivity contribution in [2.24, 2.45) is 11.8 Å². The number of carbonyl (C=O) groups is 3. The van der Waals surface area contributed by atoms with E-state index in [-0.39, 0.29) is 23.9 Å². The third kappa shape index (κ3) is 6.67. The molecule has 0 saturated carbocycles. The van der Waals surface area contributed by atoms with Gasteiger partial charge in [0.2, 0.25) is 0 Å². The van der Waals surface area contributed by atoms with Crippen molar-refractivity contribution >= 4 is 18.0 Å². The first kappa shape index (κ1) is 28.7. The van der Waals surface area contributed by atoms with Crippen LogP contribution >= 0.6 is 0 Å². The van der Waals surface area contributed by atoms with Gasteiger partial charge in [0, 0.05) is 25.2 Å². The van der Waals surface area contributed by atoms with Crippen molar-refractivity contribution in [1.29, 1.82) is 0 Å². The largest absolute Gasteiger partial charge is 0.489 e. The van der Waals surface area contributed by atoms with Crippen molar-refractivity contribution in [3.8, 4) is 5.75 Å². The molecule has 7 rings (SSSR count). The Labute approximate surface area is 251 Å². The molecular formula is C34H37N3O6. The Morgan fingerprint density at radius 3 is 2.28 bits per heavy atom. The Morgan fingerprint density at radius 1 is 0.884 bits per heavy atom. The van der Waals surface area contributed by atoms with Crippen LogP contribution in [0.15, 0.2) is 78.9 Å².